The lowest BCUT2D eigenvalue weighted by molar-refractivity contribution is -0.143. The smallest absolute Gasteiger partial charge is 0.306 e. The molecule has 0 radical (unpaired) electrons. The Hall–Kier alpha value is -3.34. The summed E-state index contributed by atoms with van der Waals surface area (Å²) >= 11 is 0. The van der Waals surface area contributed by atoms with Gasteiger partial charge in [-0.1, -0.05) is 36.4 Å². The average molecular weight is 445 g/mol. The fraction of sp³-hybridized carbons (Fsp3) is 0.357. The van der Waals surface area contributed by atoms with Gasteiger partial charge in [0.25, 0.3) is 0 Å². The number of esters is 1. The highest BCUT2D eigenvalue weighted by Crippen LogP contribution is 2.36. The minimum atomic E-state index is -0.128. The monoisotopic (exact) mass is 444 g/mol. The van der Waals surface area contributed by atoms with E-state index in [2.05, 4.69) is 53.6 Å². The van der Waals surface area contributed by atoms with Crippen LogP contribution in [0, 0.1) is 6.92 Å². The van der Waals surface area contributed by atoms with E-state index in [1.54, 1.807) is 6.20 Å². The van der Waals surface area contributed by atoms with Crippen LogP contribution in [-0.4, -0.2) is 30.7 Å². The van der Waals surface area contributed by atoms with Crippen LogP contribution in [0.5, 0.6) is 5.75 Å². The molecule has 0 bridgehead atoms. The van der Waals surface area contributed by atoms with Crippen LogP contribution in [0.1, 0.15) is 53.5 Å². The lowest BCUT2D eigenvalue weighted by atomic mass is 9.88. The predicted octanol–water partition coefficient (Wildman–Crippen LogP) is 5.45. The van der Waals surface area contributed by atoms with Crippen LogP contribution in [0.2, 0.25) is 0 Å². The maximum atomic E-state index is 12.3. The lowest BCUT2D eigenvalue weighted by Crippen LogP contribution is -2.13. The molecule has 1 unspecified atom stereocenters. The highest BCUT2D eigenvalue weighted by Gasteiger charge is 2.25. The first kappa shape index (κ1) is 22.8. The van der Waals surface area contributed by atoms with E-state index < -0.39 is 0 Å². The quantitative estimate of drug-likeness (QED) is 0.351. The minimum Gasteiger partial charge on any atom is -0.493 e. The second-order valence-electron chi connectivity index (χ2n) is 8.52. The minimum absolute atomic E-state index is 0.128. The summed E-state index contributed by atoms with van der Waals surface area (Å²) in [4.78, 5) is 16.6. The van der Waals surface area contributed by atoms with Crippen molar-refractivity contribution < 1.29 is 14.3 Å². The molecule has 1 N–H and O–H groups in total. The summed E-state index contributed by atoms with van der Waals surface area (Å²) < 4.78 is 11.4. The topological polar surface area (TPSA) is 60.5 Å². The highest BCUT2D eigenvalue weighted by atomic mass is 16.5. The van der Waals surface area contributed by atoms with E-state index in [1.165, 1.54) is 22.3 Å². The molecule has 1 atom stereocenters. The molecule has 2 aromatic carbocycles. The van der Waals surface area contributed by atoms with Gasteiger partial charge in [0, 0.05) is 12.7 Å². The van der Waals surface area contributed by atoms with Gasteiger partial charge >= 0.3 is 5.97 Å². The van der Waals surface area contributed by atoms with Crippen LogP contribution in [0.25, 0.3) is 0 Å². The number of pyridine rings is 1. The SMILES string of the molecule is CCOC(=O)CC1Cc2cc(C)c(OCCCNc3ccccn3)cc2Cc2ccccc21. The van der Waals surface area contributed by atoms with Crippen molar-refractivity contribution in [1.29, 1.82) is 0 Å². The van der Waals surface area contributed by atoms with Crippen molar-refractivity contribution in [2.24, 2.45) is 0 Å². The Labute approximate surface area is 196 Å². The molecule has 1 aromatic heterocycles. The van der Waals surface area contributed by atoms with Gasteiger partial charge in [0.2, 0.25) is 0 Å². The molecule has 0 aliphatic heterocycles. The number of nitrogens with zero attached hydrogens (tertiary/aromatic N) is 1. The Morgan fingerprint density at radius 2 is 1.94 bits per heavy atom. The number of nitrogens with one attached hydrogen (secondary N) is 1. The molecule has 1 aliphatic carbocycles. The third kappa shape index (κ3) is 5.92. The van der Waals surface area contributed by atoms with E-state index in [0.29, 0.717) is 19.6 Å². The number of ether oxygens (including phenoxy) is 2. The molecule has 0 spiro atoms. The zero-order valence-corrected chi connectivity index (χ0v) is 19.5. The summed E-state index contributed by atoms with van der Waals surface area (Å²) in [6, 6.07) is 18.7. The van der Waals surface area contributed by atoms with E-state index in [0.717, 1.165) is 42.9 Å². The number of aromatic nitrogens is 1. The molecule has 1 heterocycles. The Bertz CT molecular complexity index is 1080. The van der Waals surface area contributed by atoms with Crippen molar-refractivity contribution in [2.45, 2.75) is 45.4 Å². The number of aryl methyl sites for hydroxylation is 1. The highest BCUT2D eigenvalue weighted by molar-refractivity contribution is 5.71. The van der Waals surface area contributed by atoms with E-state index in [9.17, 15) is 4.79 Å². The van der Waals surface area contributed by atoms with E-state index in [1.807, 2.05) is 25.1 Å². The van der Waals surface area contributed by atoms with Gasteiger partial charge in [-0.2, -0.15) is 0 Å². The van der Waals surface area contributed by atoms with Crippen molar-refractivity contribution in [2.75, 3.05) is 25.1 Å². The number of rotatable bonds is 9. The number of hydrogen-bond donors (Lipinski definition) is 1. The summed E-state index contributed by atoms with van der Waals surface area (Å²) in [6.45, 7) is 5.82. The first-order chi connectivity index (χ1) is 16.1. The Balaban J connectivity index is 1.44. The van der Waals surface area contributed by atoms with Crippen molar-refractivity contribution in [3.63, 3.8) is 0 Å². The first-order valence-corrected chi connectivity index (χ1v) is 11.8. The number of hydrogen-bond acceptors (Lipinski definition) is 5. The van der Waals surface area contributed by atoms with Crippen LogP contribution in [0.15, 0.2) is 60.8 Å². The molecule has 0 amide bonds. The van der Waals surface area contributed by atoms with Gasteiger partial charge in [0.1, 0.15) is 11.6 Å². The first-order valence-electron chi connectivity index (χ1n) is 11.8. The molecule has 33 heavy (non-hydrogen) atoms. The van der Waals surface area contributed by atoms with E-state index in [-0.39, 0.29) is 11.9 Å². The summed E-state index contributed by atoms with van der Waals surface area (Å²) in [5.41, 5.74) is 6.23. The molecule has 0 fully saturated rings. The van der Waals surface area contributed by atoms with Gasteiger partial charge in [0.15, 0.2) is 0 Å². The molecule has 5 nitrogen and oxygen atoms in total. The molecule has 3 aromatic rings. The number of carbonyl (C=O) groups excluding carboxylic acids is 1. The standard InChI is InChI=1S/C28H32N2O3/c1-3-32-28(31)19-24-17-22-15-20(2)26(18-23(22)16-21-9-4-5-10-25(21)24)33-14-8-13-30-27-11-6-7-12-29-27/h4-7,9-12,15,18,24H,3,8,13-14,16-17,19H2,1-2H3,(H,29,30). The van der Waals surface area contributed by atoms with Gasteiger partial charge in [-0.05, 0) is 85.0 Å². The van der Waals surface area contributed by atoms with Gasteiger partial charge in [-0.15, -0.1) is 0 Å². The van der Waals surface area contributed by atoms with E-state index >= 15 is 0 Å². The molecular formula is C28H32N2O3. The summed E-state index contributed by atoms with van der Waals surface area (Å²) in [6.07, 6.45) is 4.76. The zero-order chi connectivity index (χ0) is 23.0. The summed E-state index contributed by atoms with van der Waals surface area (Å²) in [5, 5.41) is 3.32. The number of carbonyl (C=O) groups is 1. The predicted molar refractivity (Wildman–Crippen MR) is 131 cm³/mol. The van der Waals surface area contributed by atoms with Gasteiger partial charge < -0.3 is 14.8 Å². The van der Waals surface area contributed by atoms with Crippen molar-refractivity contribution in [3.05, 3.63) is 88.6 Å². The molecule has 0 saturated carbocycles. The molecule has 1 aliphatic rings. The van der Waals surface area contributed by atoms with Gasteiger partial charge in [-0.3, -0.25) is 4.79 Å². The summed E-state index contributed by atoms with van der Waals surface area (Å²) in [7, 11) is 0. The Morgan fingerprint density at radius 3 is 2.76 bits per heavy atom. The molecule has 5 heteroatoms. The van der Waals surface area contributed by atoms with Crippen LogP contribution in [0.4, 0.5) is 5.82 Å². The van der Waals surface area contributed by atoms with E-state index in [4.69, 9.17) is 9.47 Å². The van der Waals surface area contributed by atoms with Crippen LogP contribution in [-0.2, 0) is 22.4 Å². The molecular weight excluding hydrogens is 412 g/mol. The second-order valence-corrected chi connectivity index (χ2v) is 8.52. The Morgan fingerprint density at radius 1 is 1.09 bits per heavy atom. The van der Waals surface area contributed by atoms with Crippen LogP contribution in [0.3, 0.4) is 0 Å². The number of anilines is 1. The lowest BCUT2D eigenvalue weighted by Gasteiger charge is -2.18. The third-order valence-electron chi connectivity index (χ3n) is 6.11. The van der Waals surface area contributed by atoms with Crippen LogP contribution >= 0.6 is 0 Å². The molecule has 172 valence electrons. The fourth-order valence-electron chi connectivity index (χ4n) is 4.52. The van der Waals surface area contributed by atoms with Crippen molar-refractivity contribution in [3.8, 4) is 5.75 Å². The largest absolute Gasteiger partial charge is 0.493 e. The number of benzene rings is 2. The Kier molecular flexibility index (Phi) is 7.61. The number of fused-ring (bicyclic) bond motifs is 2. The normalized spacial score (nSPS) is 14.5. The molecule has 0 saturated heterocycles. The fourth-order valence-corrected chi connectivity index (χ4v) is 4.52. The zero-order valence-electron chi connectivity index (χ0n) is 19.5. The van der Waals surface area contributed by atoms with Crippen LogP contribution < -0.4 is 10.1 Å². The van der Waals surface area contributed by atoms with Gasteiger partial charge in [-0.25, -0.2) is 4.98 Å². The summed E-state index contributed by atoms with van der Waals surface area (Å²) in [5.74, 6) is 1.82. The third-order valence-corrected chi connectivity index (χ3v) is 6.11. The maximum absolute atomic E-state index is 12.3. The second kappa shape index (κ2) is 11.0. The maximum Gasteiger partial charge on any atom is 0.306 e. The molecule has 4 rings (SSSR count). The average Bonchev–Trinajstić information content (AvgIpc) is 2.96. The van der Waals surface area contributed by atoms with Crippen molar-refractivity contribution >= 4 is 11.8 Å². The van der Waals surface area contributed by atoms with Gasteiger partial charge in [0.05, 0.1) is 19.6 Å². The van der Waals surface area contributed by atoms with Crippen molar-refractivity contribution in [1.82, 2.24) is 4.98 Å².